The summed E-state index contributed by atoms with van der Waals surface area (Å²) in [6.07, 6.45) is 2.67. The normalized spacial score (nSPS) is 11.3. The Morgan fingerprint density at radius 1 is 0.743 bits per heavy atom. The first-order valence-electron chi connectivity index (χ1n) is 12.1. The van der Waals surface area contributed by atoms with Crippen LogP contribution in [0.1, 0.15) is 40.9 Å². The molecule has 0 aliphatic rings. The molecule has 3 aromatic carbocycles. The highest BCUT2D eigenvalue weighted by Crippen LogP contribution is 2.29. The van der Waals surface area contributed by atoms with E-state index in [2.05, 4.69) is 78.3 Å². The van der Waals surface area contributed by atoms with Crippen LogP contribution in [0.5, 0.6) is 0 Å². The van der Waals surface area contributed by atoms with Gasteiger partial charge in [-0.1, -0.05) is 36.4 Å². The molecule has 0 saturated heterocycles. The molecule has 0 spiro atoms. The average molecular weight is 472 g/mol. The number of carbonyl (C=O) groups is 1. The van der Waals surface area contributed by atoms with Crippen molar-refractivity contribution < 1.29 is 9.90 Å². The van der Waals surface area contributed by atoms with Crippen LogP contribution in [-0.2, 0) is 6.42 Å². The third-order valence-corrected chi connectivity index (χ3v) is 6.37. The minimum atomic E-state index is -0.905. The largest absolute Gasteiger partial charge is 0.478 e. The summed E-state index contributed by atoms with van der Waals surface area (Å²) in [5.74, 6) is -0.905. The summed E-state index contributed by atoms with van der Waals surface area (Å²) in [5, 5.41) is 9.83. The Kier molecular flexibility index (Phi) is 8.58. The van der Waals surface area contributed by atoms with Crippen molar-refractivity contribution in [2.45, 2.75) is 20.3 Å². The lowest BCUT2D eigenvalue weighted by Gasteiger charge is -2.21. The molecule has 0 heterocycles. The molecular weight excluding hydrogens is 434 g/mol. The molecule has 35 heavy (non-hydrogen) atoms. The molecule has 3 aromatic rings. The van der Waals surface area contributed by atoms with Crippen LogP contribution in [-0.4, -0.2) is 52.4 Å². The standard InChI is InChI=1S/C30H37N3O2/c1-7-33(8-2)26-17-11-23(12-18-26)28(22-9-15-25(16-10-22)31(3)4)20-14-24-13-19-27(32(5)6)21-29(24)30(34)35/h9-13,15-21H,7-8,14H2,1-6H3,(H,34,35)/b28-20+. The van der Waals surface area contributed by atoms with E-state index in [0.717, 1.165) is 46.7 Å². The second kappa shape index (κ2) is 11.6. The zero-order valence-electron chi connectivity index (χ0n) is 21.7. The van der Waals surface area contributed by atoms with E-state index in [4.69, 9.17) is 0 Å². The molecule has 5 heteroatoms. The van der Waals surface area contributed by atoms with Gasteiger partial charge in [-0.05, 0) is 78.9 Å². The fourth-order valence-electron chi connectivity index (χ4n) is 4.21. The summed E-state index contributed by atoms with van der Waals surface area (Å²) >= 11 is 0. The average Bonchev–Trinajstić information content (AvgIpc) is 2.86. The number of hydrogen-bond donors (Lipinski definition) is 1. The van der Waals surface area contributed by atoms with E-state index in [1.807, 2.05) is 45.2 Å². The fourth-order valence-corrected chi connectivity index (χ4v) is 4.21. The minimum Gasteiger partial charge on any atom is -0.478 e. The maximum atomic E-state index is 12.0. The van der Waals surface area contributed by atoms with Crippen molar-refractivity contribution in [3.63, 3.8) is 0 Å². The van der Waals surface area contributed by atoms with Gasteiger partial charge in [-0.25, -0.2) is 4.79 Å². The first-order valence-corrected chi connectivity index (χ1v) is 12.1. The van der Waals surface area contributed by atoms with Crippen molar-refractivity contribution in [3.8, 4) is 0 Å². The van der Waals surface area contributed by atoms with E-state index in [9.17, 15) is 9.90 Å². The Balaban J connectivity index is 2.04. The Morgan fingerprint density at radius 2 is 1.23 bits per heavy atom. The van der Waals surface area contributed by atoms with E-state index in [-0.39, 0.29) is 0 Å². The first kappa shape index (κ1) is 25.9. The summed E-state index contributed by atoms with van der Waals surface area (Å²) in [6, 6.07) is 22.8. The van der Waals surface area contributed by atoms with E-state index < -0.39 is 5.97 Å². The van der Waals surface area contributed by atoms with Gasteiger partial charge in [0.1, 0.15) is 0 Å². The van der Waals surface area contributed by atoms with E-state index in [1.165, 1.54) is 5.69 Å². The zero-order chi connectivity index (χ0) is 25.5. The van der Waals surface area contributed by atoms with Crippen LogP contribution < -0.4 is 14.7 Å². The molecule has 0 bridgehead atoms. The SMILES string of the molecule is CCN(CC)c1ccc(/C(=C/Cc2ccc(N(C)C)cc2C(=O)O)c2ccc(N(C)C)cc2)cc1. The Hall–Kier alpha value is -3.73. The molecule has 5 nitrogen and oxygen atoms in total. The molecule has 0 aromatic heterocycles. The van der Waals surface area contributed by atoms with Crippen LogP contribution in [0.15, 0.2) is 72.8 Å². The van der Waals surface area contributed by atoms with Gasteiger partial charge < -0.3 is 19.8 Å². The molecule has 0 aliphatic carbocycles. The maximum Gasteiger partial charge on any atom is 0.336 e. The Morgan fingerprint density at radius 3 is 1.69 bits per heavy atom. The minimum absolute atomic E-state index is 0.339. The van der Waals surface area contributed by atoms with Crippen molar-refractivity contribution >= 4 is 28.6 Å². The van der Waals surface area contributed by atoms with Gasteiger partial charge in [0.05, 0.1) is 5.56 Å². The Bertz CT molecular complexity index is 1160. The molecule has 0 saturated carbocycles. The van der Waals surface area contributed by atoms with Crippen LogP contribution in [0, 0.1) is 0 Å². The van der Waals surface area contributed by atoms with Crippen molar-refractivity contribution in [3.05, 3.63) is 95.1 Å². The molecule has 0 fully saturated rings. The number of benzene rings is 3. The highest BCUT2D eigenvalue weighted by Gasteiger charge is 2.13. The van der Waals surface area contributed by atoms with Crippen molar-refractivity contribution in [1.29, 1.82) is 0 Å². The molecule has 184 valence electrons. The second-order valence-electron chi connectivity index (χ2n) is 9.02. The molecule has 3 rings (SSSR count). The quantitative estimate of drug-likeness (QED) is 0.391. The lowest BCUT2D eigenvalue weighted by Crippen LogP contribution is -2.21. The summed E-state index contributed by atoms with van der Waals surface area (Å²) in [5.41, 5.74) is 7.66. The number of nitrogens with zero attached hydrogens (tertiary/aromatic N) is 3. The summed E-state index contributed by atoms with van der Waals surface area (Å²) in [4.78, 5) is 18.3. The highest BCUT2D eigenvalue weighted by molar-refractivity contribution is 5.91. The maximum absolute atomic E-state index is 12.0. The summed E-state index contributed by atoms with van der Waals surface area (Å²) < 4.78 is 0. The fraction of sp³-hybridized carbons (Fsp3) is 0.300. The number of rotatable bonds is 10. The van der Waals surface area contributed by atoms with Gasteiger partial charge in [0.25, 0.3) is 0 Å². The molecule has 0 amide bonds. The molecule has 1 N–H and O–H groups in total. The number of carboxylic acid groups (broad SMARTS) is 1. The predicted octanol–water partition coefficient (Wildman–Crippen LogP) is 6.04. The van der Waals surface area contributed by atoms with Gasteiger partial charge >= 0.3 is 5.97 Å². The van der Waals surface area contributed by atoms with Crippen LogP contribution in [0.3, 0.4) is 0 Å². The zero-order valence-corrected chi connectivity index (χ0v) is 21.7. The number of hydrogen-bond acceptors (Lipinski definition) is 4. The number of aromatic carboxylic acids is 1. The van der Waals surface area contributed by atoms with Gasteiger partial charge in [-0.2, -0.15) is 0 Å². The topological polar surface area (TPSA) is 47.0 Å². The summed E-state index contributed by atoms with van der Waals surface area (Å²) in [6.45, 7) is 6.25. The summed E-state index contributed by atoms with van der Waals surface area (Å²) in [7, 11) is 7.89. The van der Waals surface area contributed by atoms with E-state index in [0.29, 0.717) is 12.0 Å². The predicted molar refractivity (Wildman–Crippen MR) is 149 cm³/mol. The Labute approximate surface area is 209 Å². The molecule has 0 unspecified atom stereocenters. The lowest BCUT2D eigenvalue weighted by molar-refractivity contribution is 0.0696. The van der Waals surface area contributed by atoms with Crippen LogP contribution in [0.2, 0.25) is 0 Å². The number of allylic oxidation sites excluding steroid dienone is 1. The first-order chi connectivity index (χ1) is 16.7. The van der Waals surface area contributed by atoms with Gasteiger partial charge in [0.15, 0.2) is 0 Å². The van der Waals surface area contributed by atoms with Crippen LogP contribution in [0.25, 0.3) is 5.57 Å². The highest BCUT2D eigenvalue weighted by atomic mass is 16.4. The van der Waals surface area contributed by atoms with Crippen LogP contribution in [0.4, 0.5) is 17.1 Å². The van der Waals surface area contributed by atoms with E-state index in [1.54, 1.807) is 6.07 Å². The third kappa shape index (κ3) is 6.24. The third-order valence-electron chi connectivity index (χ3n) is 6.37. The monoisotopic (exact) mass is 471 g/mol. The van der Waals surface area contributed by atoms with Crippen molar-refractivity contribution in [2.75, 3.05) is 56.0 Å². The van der Waals surface area contributed by atoms with Gasteiger partial charge in [-0.15, -0.1) is 0 Å². The molecule has 0 aliphatic heterocycles. The number of carboxylic acids is 1. The number of anilines is 3. The smallest absolute Gasteiger partial charge is 0.336 e. The molecule has 0 atom stereocenters. The van der Waals surface area contributed by atoms with Crippen molar-refractivity contribution in [1.82, 2.24) is 0 Å². The van der Waals surface area contributed by atoms with Crippen LogP contribution >= 0.6 is 0 Å². The second-order valence-corrected chi connectivity index (χ2v) is 9.02. The van der Waals surface area contributed by atoms with Gasteiger partial charge in [0.2, 0.25) is 0 Å². The molecule has 0 radical (unpaired) electrons. The van der Waals surface area contributed by atoms with E-state index >= 15 is 0 Å². The van der Waals surface area contributed by atoms with Gasteiger partial charge in [-0.3, -0.25) is 0 Å². The lowest BCUT2D eigenvalue weighted by atomic mass is 9.94. The van der Waals surface area contributed by atoms with Gasteiger partial charge in [0, 0.05) is 58.3 Å². The molecular formula is C30H37N3O2. The van der Waals surface area contributed by atoms with Crippen molar-refractivity contribution in [2.24, 2.45) is 0 Å².